The molecule has 2 N–H and O–H groups in total. The van der Waals surface area contributed by atoms with Crippen LogP contribution in [0.5, 0.6) is 0 Å². The molecule has 0 spiro atoms. The molecule has 0 bridgehead atoms. The molecule has 0 aromatic carbocycles. The summed E-state index contributed by atoms with van der Waals surface area (Å²) in [4.78, 5) is 6.67. The zero-order valence-electron chi connectivity index (χ0n) is 9.47. The van der Waals surface area contributed by atoms with Crippen molar-refractivity contribution in [2.45, 2.75) is 18.9 Å². The molecular formula is C12H19N3O. The van der Waals surface area contributed by atoms with E-state index >= 15 is 0 Å². The highest BCUT2D eigenvalue weighted by molar-refractivity contribution is 5.38. The molecular weight excluding hydrogens is 202 g/mol. The first-order chi connectivity index (χ1) is 7.90. The summed E-state index contributed by atoms with van der Waals surface area (Å²) >= 11 is 0. The van der Waals surface area contributed by atoms with E-state index in [-0.39, 0.29) is 6.61 Å². The lowest BCUT2D eigenvalue weighted by Crippen LogP contribution is -2.43. The zero-order chi connectivity index (χ0) is 11.2. The Morgan fingerprint density at radius 1 is 1.38 bits per heavy atom. The van der Waals surface area contributed by atoms with Crippen molar-refractivity contribution in [1.29, 1.82) is 0 Å². The summed E-state index contributed by atoms with van der Waals surface area (Å²) in [6, 6.07) is 6.58. The van der Waals surface area contributed by atoms with Crippen LogP contribution >= 0.6 is 0 Å². The van der Waals surface area contributed by atoms with Crippen LogP contribution in [0.4, 0.5) is 5.82 Å². The van der Waals surface area contributed by atoms with Gasteiger partial charge in [0, 0.05) is 31.9 Å². The lowest BCUT2D eigenvalue weighted by Gasteiger charge is -2.33. The molecule has 1 saturated heterocycles. The number of aliphatic hydroxyl groups excluding tert-OH is 1. The van der Waals surface area contributed by atoms with Crippen LogP contribution in [0.15, 0.2) is 24.4 Å². The summed E-state index contributed by atoms with van der Waals surface area (Å²) in [6.07, 6.45) is 4.08. The lowest BCUT2D eigenvalue weighted by molar-refractivity contribution is 0.277. The number of aliphatic hydroxyl groups is 1. The second-order valence-corrected chi connectivity index (χ2v) is 4.13. The van der Waals surface area contributed by atoms with Crippen molar-refractivity contribution in [3.63, 3.8) is 0 Å². The molecule has 1 aliphatic rings. The van der Waals surface area contributed by atoms with E-state index in [1.165, 1.54) is 0 Å². The quantitative estimate of drug-likeness (QED) is 0.783. The fourth-order valence-corrected chi connectivity index (χ4v) is 2.12. The number of rotatable bonds is 4. The number of anilines is 1. The molecule has 0 aliphatic carbocycles. The molecule has 0 atom stereocenters. The highest BCUT2D eigenvalue weighted by Crippen LogP contribution is 2.16. The fourth-order valence-electron chi connectivity index (χ4n) is 2.12. The molecule has 4 nitrogen and oxygen atoms in total. The van der Waals surface area contributed by atoms with Crippen molar-refractivity contribution < 1.29 is 5.11 Å². The molecule has 1 fully saturated rings. The number of hydrogen-bond acceptors (Lipinski definition) is 4. The SMILES string of the molecule is OCCNC1CCN(c2ccccn2)CC1. The molecule has 1 aliphatic heterocycles. The van der Waals surface area contributed by atoms with Gasteiger partial charge in [-0.2, -0.15) is 0 Å². The van der Waals surface area contributed by atoms with Gasteiger partial charge in [0.25, 0.3) is 0 Å². The lowest BCUT2D eigenvalue weighted by atomic mass is 10.1. The minimum Gasteiger partial charge on any atom is -0.395 e. The summed E-state index contributed by atoms with van der Waals surface area (Å²) in [7, 11) is 0. The van der Waals surface area contributed by atoms with Gasteiger partial charge in [-0.25, -0.2) is 4.98 Å². The van der Waals surface area contributed by atoms with Crippen molar-refractivity contribution in [1.82, 2.24) is 10.3 Å². The number of nitrogens with zero attached hydrogens (tertiary/aromatic N) is 2. The van der Waals surface area contributed by atoms with E-state index < -0.39 is 0 Å². The summed E-state index contributed by atoms with van der Waals surface area (Å²) in [5.74, 6) is 1.07. The van der Waals surface area contributed by atoms with E-state index in [9.17, 15) is 0 Å². The maximum atomic E-state index is 8.74. The third-order valence-corrected chi connectivity index (χ3v) is 3.01. The molecule has 1 aromatic heterocycles. The molecule has 1 aromatic rings. The number of piperidine rings is 1. The Hall–Kier alpha value is -1.13. The van der Waals surface area contributed by atoms with Crippen LogP contribution in [-0.2, 0) is 0 Å². The van der Waals surface area contributed by atoms with E-state index in [4.69, 9.17) is 5.11 Å². The van der Waals surface area contributed by atoms with Crippen LogP contribution in [0.1, 0.15) is 12.8 Å². The number of pyridine rings is 1. The molecule has 88 valence electrons. The van der Waals surface area contributed by atoms with E-state index in [1.54, 1.807) is 0 Å². The summed E-state index contributed by atoms with van der Waals surface area (Å²) < 4.78 is 0. The van der Waals surface area contributed by atoms with Gasteiger partial charge >= 0.3 is 0 Å². The molecule has 0 amide bonds. The van der Waals surface area contributed by atoms with E-state index in [1.807, 2.05) is 18.3 Å². The second kappa shape index (κ2) is 5.82. The van der Waals surface area contributed by atoms with Gasteiger partial charge in [-0.15, -0.1) is 0 Å². The highest BCUT2D eigenvalue weighted by atomic mass is 16.3. The van der Waals surface area contributed by atoms with Crippen LogP contribution in [0.3, 0.4) is 0 Å². The Morgan fingerprint density at radius 2 is 2.19 bits per heavy atom. The molecule has 0 radical (unpaired) electrons. The minimum atomic E-state index is 0.223. The van der Waals surface area contributed by atoms with Gasteiger partial charge in [0.05, 0.1) is 6.61 Å². The predicted octanol–water partition coefficient (Wildman–Crippen LogP) is 0.632. The van der Waals surface area contributed by atoms with Crippen molar-refractivity contribution in [3.8, 4) is 0 Å². The highest BCUT2D eigenvalue weighted by Gasteiger charge is 2.18. The van der Waals surface area contributed by atoms with Crippen molar-refractivity contribution in [2.75, 3.05) is 31.1 Å². The Morgan fingerprint density at radius 3 is 2.81 bits per heavy atom. The van der Waals surface area contributed by atoms with Crippen LogP contribution in [-0.4, -0.2) is 42.4 Å². The van der Waals surface area contributed by atoms with Crippen molar-refractivity contribution >= 4 is 5.82 Å². The Balaban J connectivity index is 1.81. The van der Waals surface area contributed by atoms with Gasteiger partial charge in [-0.1, -0.05) is 6.07 Å². The summed E-state index contributed by atoms with van der Waals surface area (Å²) in [5.41, 5.74) is 0. The van der Waals surface area contributed by atoms with Gasteiger partial charge < -0.3 is 15.3 Å². The van der Waals surface area contributed by atoms with E-state index in [2.05, 4.69) is 21.3 Å². The molecule has 0 saturated carbocycles. The smallest absolute Gasteiger partial charge is 0.128 e. The Bertz CT molecular complexity index is 296. The zero-order valence-corrected chi connectivity index (χ0v) is 9.47. The second-order valence-electron chi connectivity index (χ2n) is 4.13. The van der Waals surface area contributed by atoms with Crippen molar-refractivity contribution in [2.24, 2.45) is 0 Å². The van der Waals surface area contributed by atoms with Crippen LogP contribution < -0.4 is 10.2 Å². The number of nitrogens with one attached hydrogen (secondary N) is 1. The minimum absolute atomic E-state index is 0.223. The molecule has 4 heteroatoms. The molecule has 0 unspecified atom stereocenters. The first-order valence-corrected chi connectivity index (χ1v) is 5.90. The topological polar surface area (TPSA) is 48.4 Å². The molecule has 16 heavy (non-hydrogen) atoms. The Labute approximate surface area is 96.3 Å². The standard InChI is InChI=1S/C12H19N3O/c16-10-7-13-11-4-8-15(9-5-11)12-3-1-2-6-14-12/h1-3,6,11,13,16H,4-5,7-10H2. The van der Waals surface area contributed by atoms with E-state index in [0.717, 1.165) is 31.7 Å². The molecule has 2 rings (SSSR count). The third-order valence-electron chi connectivity index (χ3n) is 3.01. The molecule has 2 heterocycles. The summed E-state index contributed by atoms with van der Waals surface area (Å²) in [6.45, 7) is 3.01. The number of aromatic nitrogens is 1. The van der Waals surface area contributed by atoms with Crippen LogP contribution in [0, 0.1) is 0 Å². The first-order valence-electron chi connectivity index (χ1n) is 5.90. The van der Waals surface area contributed by atoms with Gasteiger partial charge in [-0.05, 0) is 25.0 Å². The van der Waals surface area contributed by atoms with Crippen LogP contribution in [0.2, 0.25) is 0 Å². The largest absolute Gasteiger partial charge is 0.395 e. The Kier molecular flexibility index (Phi) is 4.13. The maximum absolute atomic E-state index is 8.74. The summed E-state index contributed by atoms with van der Waals surface area (Å²) in [5, 5.41) is 12.1. The first kappa shape index (κ1) is 11.4. The average Bonchev–Trinajstić information content (AvgIpc) is 2.38. The predicted molar refractivity (Wildman–Crippen MR) is 64.6 cm³/mol. The van der Waals surface area contributed by atoms with Gasteiger partial charge in [0.2, 0.25) is 0 Å². The van der Waals surface area contributed by atoms with Gasteiger partial charge in [0.15, 0.2) is 0 Å². The normalized spacial score (nSPS) is 17.7. The van der Waals surface area contributed by atoms with E-state index in [0.29, 0.717) is 12.6 Å². The van der Waals surface area contributed by atoms with Crippen molar-refractivity contribution in [3.05, 3.63) is 24.4 Å². The fraction of sp³-hybridized carbons (Fsp3) is 0.583. The van der Waals surface area contributed by atoms with Gasteiger partial charge in [-0.3, -0.25) is 0 Å². The van der Waals surface area contributed by atoms with Crippen LogP contribution in [0.25, 0.3) is 0 Å². The monoisotopic (exact) mass is 221 g/mol. The third kappa shape index (κ3) is 2.93. The van der Waals surface area contributed by atoms with Gasteiger partial charge in [0.1, 0.15) is 5.82 Å². The average molecular weight is 221 g/mol. The maximum Gasteiger partial charge on any atom is 0.128 e. The number of hydrogen-bond donors (Lipinski definition) is 2.